The maximum atomic E-state index is 13.4. The van der Waals surface area contributed by atoms with Gasteiger partial charge in [-0.25, -0.2) is 8.78 Å². The quantitative estimate of drug-likeness (QED) is 0.416. The molecule has 0 radical (unpaired) electrons. The largest absolute Gasteiger partial charge is 0.377 e. The number of anilines is 1. The van der Waals surface area contributed by atoms with Gasteiger partial charge in [-0.1, -0.05) is 0 Å². The van der Waals surface area contributed by atoms with Crippen LogP contribution in [0.25, 0.3) is 0 Å². The molecule has 0 atom stereocenters. The lowest BCUT2D eigenvalue weighted by Crippen LogP contribution is -2.28. The van der Waals surface area contributed by atoms with E-state index in [4.69, 9.17) is 10.6 Å². The van der Waals surface area contributed by atoms with E-state index in [0.29, 0.717) is 6.61 Å². The fourth-order valence-electron chi connectivity index (χ4n) is 1.40. The number of nitrogens with one attached hydrogen (secondary N) is 2. The third kappa shape index (κ3) is 4.46. The predicted octanol–water partition coefficient (Wildman–Crippen LogP) is 1.41. The second-order valence-corrected chi connectivity index (χ2v) is 4.13. The van der Waals surface area contributed by atoms with Crippen molar-refractivity contribution in [1.29, 1.82) is 0 Å². The number of halogens is 2. The third-order valence-corrected chi connectivity index (χ3v) is 2.29. The number of benzene rings is 1. The van der Waals surface area contributed by atoms with Crippen LogP contribution in [-0.2, 0) is 4.74 Å². The van der Waals surface area contributed by atoms with Gasteiger partial charge < -0.3 is 15.5 Å². The molecule has 0 bridgehead atoms. The molecule has 0 heterocycles. The molecule has 7 heteroatoms. The SMILES string of the molecule is CC(C)OCCNC(=O)c1cc(F)c(NN)c(F)c1. The van der Waals surface area contributed by atoms with Crippen LogP contribution in [0.1, 0.15) is 24.2 Å². The lowest BCUT2D eigenvalue weighted by atomic mass is 10.1. The number of ether oxygens (including phenoxy) is 1. The normalized spacial score (nSPS) is 10.6. The van der Waals surface area contributed by atoms with Gasteiger partial charge in [-0.2, -0.15) is 0 Å². The second-order valence-electron chi connectivity index (χ2n) is 4.13. The second kappa shape index (κ2) is 7.01. The van der Waals surface area contributed by atoms with Crippen molar-refractivity contribution < 1.29 is 18.3 Å². The topological polar surface area (TPSA) is 76.4 Å². The molecule has 1 aromatic rings. The van der Waals surface area contributed by atoms with Gasteiger partial charge in [0.15, 0.2) is 11.6 Å². The Morgan fingerprint density at radius 3 is 2.42 bits per heavy atom. The summed E-state index contributed by atoms with van der Waals surface area (Å²) < 4.78 is 32.0. The van der Waals surface area contributed by atoms with Gasteiger partial charge in [0, 0.05) is 12.1 Å². The highest BCUT2D eigenvalue weighted by Crippen LogP contribution is 2.19. The molecule has 5 nitrogen and oxygen atoms in total. The highest BCUT2D eigenvalue weighted by atomic mass is 19.1. The van der Waals surface area contributed by atoms with Crippen LogP contribution >= 0.6 is 0 Å². The van der Waals surface area contributed by atoms with Crippen molar-refractivity contribution >= 4 is 11.6 Å². The van der Waals surface area contributed by atoms with Gasteiger partial charge in [0.1, 0.15) is 5.69 Å². The van der Waals surface area contributed by atoms with E-state index in [2.05, 4.69) is 5.32 Å². The van der Waals surface area contributed by atoms with E-state index in [1.807, 2.05) is 19.3 Å². The van der Waals surface area contributed by atoms with Crippen LogP contribution in [0.15, 0.2) is 12.1 Å². The van der Waals surface area contributed by atoms with E-state index in [1.54, 1.807) is 0 Å². The molecule has 1 aromatic carbocycles. The molecule has 4 N–H and O–H groups in total. The Bertz CT molecular complexity index is 430. The summed E-state index contributed by atoms with van der Waals surface area (Å²) in [5.41, 5.74) is 1.31. The molecule has 19 heavy (non-hydrogen) atoms. The highest BCUT2D eigenvalue weighted by molar-refractivity contribution is 5.94. The minimum absolute atomic E-state index is 0.0571. The molecule has 0 aliphatic rings. The van der Waals surface area contributed by atoms with Crippen molar-refractivity contribution in [2.24, 2.45) is 5.84 Å². The zero-order chi connectivity index (χ0) is 14.4. The predicted molar refractivity (Wildman–Crippen MR) is 67.6 cm³/mol. The summed E-state index contributed by atoms with van der Waals surface area (Å²) in [7, 11) is 0. The van der Waals surface area contributed by atoms with Gasteiger partial charge in [-0.15, -0.1) is 0 Å². The maximum absolute atomic E-state index is 13.4. The molecule has 1 rings (SSSR count). The van der Waals surface area contributed by atoms with Crippen LogP contribution in [0.3, 0.4) is 0 Å². The average molecular weight is 273 g/mol. The van der Waals surface area contributed by atoms with Gasteiger partial charge in [-0.3, -0.25) is 10.6 Å². The number of carbonyl (C=O) groups is 1. The Morgan fingerprint density at radius 1 is 1.37 bits per heavy atom. The van der Waals surface area contributed by atoms with Crippen molar-refractivity contribution in [1.82, 2.24) is 5.32 Å². The molecule has 0 unspecified atom stereocenters. The summed E-state index contributed by atoms with van der Waals surface area (Å²) >= 11 is 0. The van der Waals surface area contributed by atoms with Crippen LogP contribution in [0, 0.1) is 11.6 Å². The third-order valence-electron chi connectivity index (χ3n) is 2.29. The first-order valence-corrected chi connectivity index (χ1v) is 5.81. The standard InChI is InChI=1S/C12H17F2N3O2/c1-7(2)19-4-3-16-12(18)8-5-9(13)11(17-15)10(14)6-8/h5-7,17H,3-4,15H2,1-2H3,(H,16,18). The number of hydrogen-bond donors (Lipinski definition) is 3. The lowest BCUT2D eigenvalue weighted by molar-refractivity contribution is 0.0746. The zero-order valence-electron chi connectivity index (χ0n) is 10.8. The van der Waals surface area contributed by atoms with Crippen LogP contribution in [0.4, 0.5) is 14.5 Å². The number of amides is 1. The molecular weight excluding hydrogens is 256 g/mol. The van der Waals surface area contributed by atoms with Crippen LogP contribution < -0.4 is 16.6 Å². The molecule has 0 aliphatic heterocycles. The Kier molecular flexibility index (Phi) is 5.65. The first-order valence-electron chi connectivity index (χ1n) is 5.81. The first kappa shape index (κ1) is 15.3. The van der Waals surface area contributed by atoms with E-state index < -0.39 is 23.2 Å². The molecule has 1 amide bonds. The lowest BCUT2D eigenvalue weighted by Gasteiger charge is -2.10. The summed E-state index contributed by atoms with van der Waals surface area (Å²) in [5, 5.41) is 2.50. The van der Waals surface area contributed by atoms with E-state index in [1.165, 1.54) is 0 Å². The molecule has 0 saturated carbocycles. The van der Waals surface area contributed by atoms with E-state index in [0.717, 1.165) is 12.1 Å². The summed E-state index contributed by atoms with van der Waals surface area (Å²) in [6.07, 6.45) is 0.0571. The van der Waals surface area contributed by atoms with Gasteiger partial charge in [0.2, 0.25) is 0 Å². The van der Waals surface area contributed by atoms with E-state index in [9.17, 15) is 13.6 Å². The Balaban J connectivity index is 2.63. The summed E-state index contributed by atoms with van der Waals surface area (Å²) in [5.74, 6) is 2.53. The fourth-order valence-corrected chi connectivity index (χ4v) is 1.40. The summed E-state index contributed by atoms with van der Waals surface area (Å²) in [6.45, 7) is 4.32. The molecule has 0 aromatic heterocycles. The number of nitrogen functional groups attached to an aromatic ring is 1. The van der Waals surface area contributed by atoms with Crippen molar-refractivity contribution in [3.63, 3.8) is 0 Å². The zero-order valence-corrected chi connectivity index (χ0v) is 10.8. The molecule has 0 aliphatic carbocycles. The average Bonchev–Trinajstić information content (AvgIpc) is 2.33. The Labute approximate surface area is 110 Å². The van der Waals surface area contributed by atoms with E-state index in [-0.39, 0.29) is 18.2 Å². The number of nitrogens with two attached hydrogens (primary N) is 1. The molecule has 0 fully saturated rings. The van der Waals surface area contributed by atoms with Gasteiger partial charge in [-0.05, 0) is 26.0 Å². The number of rotatable bonds is 6. The van der Waals surface area contributed by atoms with Gasteiger partial charge >= 0.3 is 0 Å². The molecule has 0 saturated heterocycles. The minimum Gasteiger partial charge on any atom is -0.377 e. The number of hydrogen-bond acceptors (Lipinski definition) is 4. The Hall–Kier alpha value is -1.73. The molecule has 106 valence electrons. The number of hydrazine groups is 1. The summed E-state index contributed by atoms with van der Waals surface area (Å²) in [4.78, 5) is 11.6. The fraction of sp³-hybridized carbons (Fsp3) is 0.417. The van der Waals surface area contributed by atoms with Gasteiger partial charge in [0.05, 0.1) is 12.7 Å². The van der Waals surface area contributed by atoms with Crippen LogP contribution in [0.5, 0.6) is 0 Å². The van der Waals surface area contributed by atoms with Gasteiger partial charge in [0.25, 0.3) is 5.91 Å². The highest BCUT2D eigenvalue weighted by Gasteiger charge is 2.14. The van der Waals surface area contributed by atoms with Crippen LogP contribution in [0.2, 0.25) is 0 Å². The Morgan fingerprint density at radius 2 is 1.95 bits per heavy atom. The number of carbonyl (C=O) groups excluding carboxylic acids is 1. The van der Waals surface area contributed by atoms with Crippen molar-refractivity contribution in [2.75, 3.05) is 18.6 Å². The maximum Gasteiger partial charge on any atom is 0.251 e. The van der Waals surface area contributed by atoms with E-state index >= 15 is 0 Å². The monoisotopic (exact) mass is 273 g/mol. The smallest absolute Gasteiger partial charge is 0.251 e. The summed E-state index contributed by atoms with van der Waals surface area (Å²) in [6, 6.07) is 1.83. The minimum atomic E-state index is -0.925. The van der Waals surface area contributed by atoms with Crippen molar-refractivity contribution in [3.8, 4) is 0 Å². The molecule has 0 spiro atoms. The van der Waals surface area contributed by atoms with Crippen molar-refractivity contribution in [2.45, 2.75) is 20.0 Å². The first-order chi connectivity index (χ1) is 8.95. The van der Waals surface area contributed by atoms with Crippen LogP contribution in [-0.4, -0.2) is 25.2 Å². The molecular formula is C12H17F2N3O2. The van der Waals surface area contributed by atoms with Crippen molar-refractivity contribution in [3.05, 3.63) is 29.3 Å².